The Kier molecular flexibility index (Phi) is 5.75. The van der Waals surface area contributed by atoms with Crippen molar-refractivity contribution < 1.29 is 18.0 Å². The quantitative estimate of drug-likeness (QED) is 0.452. The summed E-state index contributed by atoms with van der Waals surface area (Å²) in [6.45, 7) is 2.76. The van der Waals surface area contributed by atoms with Gasteiger partial charge in [-0.3, -0.25) is 9.48 Å². The largest absolute Gasteiger partial charge is 0.406 e. The third-order valence-electron chi connectivity index (χ3n) is 4.82. The number of anilines is 2. The van der Waals surface area contributed by atoms with Gasteiger partial charge < -0.3 is 15.2 Å². The second kappa shape index (κ2) is 8.52. The third kappa shape index (κ3) is 5.10. The van der Waals surface area contributed by atoms with Gasteiger partial charge >= 0.3 is 6.18 Å². The zero-order chi connectivity index (χ0) is 23.8. The average Bonchev–Trinajstić information content (AvgIpc) is 3.40. The Morgan fingerprint density at radius 3 is 2.73 bits per heavy atom. The topological polar surface area (TPSA) is 105 Å². The van der Waals surface area contributed by atoms with Crippen LogP contribution in [-0.2, 0) is 0 Å². The van der Waals surface area contributed by atoms with Crippen LogP contribution in [0.15, 0.2) is 43.0 Å². The minimum Gasteiger partial charge on any atom is -0.353 e. The lowest BCUT2D eigenvalue weighted by atomic mass is 10.2. The number of pyridine rings is 1. The van der Waals surface area contributed by atoms with Gasteiger partial charge in [0.15, 0.2) is 0 Å². The Morgan fingerprint density at radius 1 is 1.24 bits per heavy atom. The van der Waals surface area contributed by atoms with Gasteiger partial charge in [0.25, 0.3) is 5.91 Å². The lowest BCUT2D eigenvalue weighted by molar-refractivity contribution is -0.119. The van der Waals surface area contributed by atoms with E-state index in [1.54, 1.807) is 35.3 Å². The normalized spacial score (nSPS) is 11.8. The number of nitrogens with one attached hydrogen (secondary N) is 2. The maximum absolute atomic E-state index is 12.7. The second-order valence-electron chi connectivity index (χ2n) is 7.81. The molecule has 2 N–H and O–H groups in total. The summed E-state index contributed by atoms with van der Waals surface area (Å²) in [5.41, 5.74) is 2.10. The van der Waals surface area contributed by atoms with Crippen LogP contribution in [0.5, 0.6) is 0 Å². The summed E-state index contributed by atoms with van der Waals surface area (Å²) < 4.78 is 39.7. The van der Waals surface area contributed by atoms with E-state index in [0.29, 0.717) is 28.3 Å². The fraction of sp³-hybridized carbons (Fsp3) is 0.286. The van der Waals surface area contributed by atoms with Crippen LogP contribution in [-0.4, -0.2) is 55.4 Å². The van der Waals surface area contributed by atoms with Crippen LogP contribution in [0.4, 0.5) is 24.9 Å². The van der Waals surface area contributed by atoms with Crippen LogP contribution in [0.3, 0.4) is 0 Å². The fourth-order valence-corrected chi connectivity index (χ4v) is 3.18. The maximum atomic E-state index is 12.7. The first-order valence-electron chi connectivity index (χ1n) is 10.0. The molecule has 0 unspecified atom stereocenters. The van der Waals surface area contributed by atoms with Crippen LogP contribution in [0.2, 0.25) is 0 Å². The summed E-state index contributed by atoms with van der Waals surface area (Å²) in [5, 5.41) is 7.64. The first-order chi connectivity index (χ1) is 15.6. The molecular formula is C21H21F3N8O. The molecule has 9 nitrogen and oxygen atoms in total. The number of carbonyl (C=O) groups is 1. The molecule has 0 bridgehead atoms. The van der Waals surface area contributed by atoms with Gasteiger partial charge in [-0.25, -0.2) is 15.0 Å². The van der Waals surface area contributed by atoms with Gasteiger partial charge in [0, 0.05) is 43.1 Å². The number of aromatic amines is 1. The number of hydrogen-bond donors (Lipinski definition) is 2. The number of alkyl halides is 3. The van der Waals surface area contributed by atoms with Crippen LogP contribution >= 0.6 is 0 Å². The monoisotopic (exact) mass is 458 g/mol. The van der Waals surface area contributed by atoms with Crippen molar-refractivity contribution in [3.05, 3.63) is 48.5 Å². The van der Waals surface area contributed by atoms with Crippen molar-refractivity contribution in [2.24, 2.45) is 0 Å². The van der Waals surface area contributed by atoms with Crippen molar-refractivity contribution >= 4 is 28.6 Å². The molecule has 4 rings (SSSR count). The van der Waals surface area contributed by atoms with Crippen molar-refractivity contribution in [3.63, 3.8) is 0 Å². The van der Waals surface area contributed by atoms with Crippen molar-refractivity contribution in [1.82, 2.24) is 29.7 Å². The molecule has 0 radical (unpaired) electrons. The Bertz CT molecular complexity index is 1290. The SMILES string of the molecule is CC(C)n1cc(C(=O)Nc2cc3[nH]c(-c4ccnc(N(C)CC(F)(F)F)n4)cc3cn2)cn1. The summed E-state index contributed by atoms with van der Waals surface area (Å²) in [7, 11) is 1.28. The number of fused-ring (bicyclic) bond motifs is 1. The van der Waals surface area contributed by atoms with E-state index in [0.717, 1.165) is 10.3 Å². The molecule has 0 aliphatic heterocycles. The minimum absolute atomic E-state index is 0.0449. The molecule has 0 saturated heterocycles. The Morgan fingerprint density at radius 2 is 2.03 bits per heavy atom. The molecule has 12 heteroatoms. The molecule has 0 aliphatic carbocycles. The van der Waals surface area contributed by atoms with Crippen molar-refractivity contribution in [2.75, 3.05) is 23.8 Å². The predicted molar refractivity (Wildman–Crippen MR) is 117 cm³/mol. The van der Waals surface area contributed by atoms with E-state index in [9.17, 15) is 18.0 Å². The fourth-order valence-electron chi connectivity index (χ4n) is 3.18. The number of hydrogen-bond acceptors (Lipinski definition) is 6. The Hall–Kier alpha value is -3.96. The van der Waals surface area contributed by atoms with Crippen molar-refractivity contribution in [1.29, 1.82) is 0 Å². The number of aromatic nitrogens is 6. The van der Waals surface area contributed by atoms with Gasteiger partial charge in [-0.1, -0.05) is 0 Å². The predicted octanol–water partition coefficient (Wildman–Crippen LogP) is 4.05. The molecule has 0 aliphatic rings. The van der Waals surface area contributed by atoms with Gasteiger partial charge in [-0.05, 0) is 26.0 Å². The molecule has 4 heterocycles. The lowest BCUT2D eigenvalue weighted by Crippen LogP contribution is -2.32. The highest BCUT2D eigenvalue weighted by atomic mass is 19.4. The molecule has 0 fully saturated rings. The molecule has 0 aromatic carbocycles. The van der Waals surface area contributed by atoms with Crippen LogP contribution in [0.25, 0.3) is 22.3 Å². The zero-order valence-electron chi connectivity index (χ0n) is 18.1. The number of rotatable bonds is 6. The van der Waals surface area contributed by atoms with Gasteiger partial charge in [0.05, 0.1) is 28.7 Å². The smallest absolute Gasteiger partial charge is 0.353 e. The van der Waals surface area contributed by atoms with E-state index in [1.807, 2.05) is 13.8 Å². The number of H-pyrrole nitrogens is 1. The summed E-state index contributed by atoms with van der Waals surface area (Å²) >= 11 is 0. The summed E-state index contributed by atoms with van der Waals surface area (Å²) in [6.07, 6.45) is 1.77. The highest BCUT2D eigenvalue weighted by Gasteiger charge is 2.30. The number of nitrogens with zero attached hydrogens (tertiary/aromatic N) is 6. The summed E-state index contributed by atoms with van der Waals surface area (Å²) in [5.74, 6) is -0.0448. The molecule has 0 saturated carbocycles. The lowest BCUT2D eigenvalue weighted by Gasteiger charge is -2.18. The first-order valence-corrected chi connectivity index (χ1v) is 10.0. The van der Waals surface area contributed by atoms with E-state index >= 15 is 0 Å². The molecule has 4 aromatic rings. The highest BCUT2D eigenvalue weighted by Crippen LogP contribution is 2.25. The zero-order valence-corrected chi connectivity index (χ0v) is 18.1. The Labute approximate surface area is 186 Å². The molecule has 172 valence electrons. The molecule has 0 atom stereocenters. The third-order valence-corrected chi connectivity index (χ3v) is 4.82. The summed E-state index contributed by atoms with van der Waals surface area (Å²) in [6, 6.07) is 5.17. The van der Waals surface area contributed by atoms with E-state index in [-0.39, 0.29) is 17.9 Å². The standard InChI is InChI=1S/C21H21F3N8O/c1-12(2)32-10-14(9-27-32)19(33)30-18-7-16-13(8-26-18)6-17(28-16)15-4-5-25-20(29-15)31(3)11-21(22,23)24/h4-10,12,28H,11H2,1-3H3,(H,26,30,33). The Balaban J connectivity index is 1.54. The molecular weight excluding hydrogens is 437 g/mol. The van der Waals surface area contributed by atoms with E-state index in [2.05, 4.69) is 30.4 Å². The number of carbonyl (C=O) groups excluding carboxylic acids is 1. The van der Waals surface area contributed by atoms with Gasteiger partial charge in [-0.2, -0.15) is 18.3 Å². The number of amides is 1. The highest BCUT2D eigenvalue weighted by molar-refractivity contribution is 6.04. The van der Waals surface area contributed by atoms with Crippen molar-refractivity contribution in [3.8, 4) is 11.4 Å². The van der Waals surface area contributed by atoms with E-state index < -0.39 is 12.7 Å². The van der Waals surface area contributed by atoms with Gasteiger partial charge in [0.2, 0.25) is 5.95 Å². The molecule has 33 heavy (non-hydrogen) atoms. The average molecular weight is 458 g/mol. The second-order valence-corrected chi connectivity index (χ2v) is 7.81. The van der Waals surface area contributed by atoms with Gasteiger partial charge in [0.1, 0.15) is 12.4 Å². The first kappa shape index (κ1) is 22.2. The van der Waals surface area contributed by atoms with Crippen LogP contribution < -0.4 is 10.2 Å². The summed E-state index contributed by atoms with van der Waals surface area (Å²) in [4.78, 5) is 29.0. The number of halogens is 3. The van der Waals surface area contributed by atoms with Gasteiger partial charge in [-0.15, -0.1) is 0 Å². The van der Waals surface area contributed by atoms with E-state index in [4.69, 9.17) is 0 Å². The molecule has 0 spiro atoms. The van der Waals surface area contributed by atoms with Crippen LogP contribution in [0, 0.1) is 0 Å². The minimum atomic E-state index is -4.37. The van der Waals surface area contributed by atoms with Crippen LogP contribution in [0.1, 0.15) is 30.2 Å². The molecule has 1 amide bonds. The van der Waals surface area contributed by atoms with E-state index in [1.165, 1.54) is 19.4 Å². The maximum Gasteiger partial charge on any atom is 0.406 e. The molecule has 4 aromatic heterocycles. The van der Waals surface area contributed by atoms with Crippen molar-refractivity contribution in [2.45, 2.75) is 26.1 Å².